The van der Waals surface area contributed by atoms with E-state index in [2.05, 4.69) is 35.6 Å². The highest BCUT2D eigenvalue weighted by atomic mass is 16.3. The molecule has 0 spiro atoms. The van der Waals surface area contributed by atoms with Crippen LogP contribution < -0.4 is 5.32 Å². The Bertz CT molecular complexity index is 299. The Hall–Kier alpha value is -0.860. The van der Waals surface area contributed by atoms with E-state index < -0.39 is 0 Å². The van der Waals surface area contributed by atoms with Gasteiger partial charge in [-0.1, -0.05) is 36.8 Å². The first kappa shape index (κ1) is 11.6. The molecule has 2 N–H and O–H groups in total. The summed E-state index contributed by atoms with van der Waals surface area (Å²) < 4.78 is 0. The zero-order valence-corrected chi connectivity index (χ0v) is 9.73. The molecule has 1 aliphatic rings. The summed E-state index contributed by atoms with van der Waals surface area (Å²) >= 11 is 0. The Morgan fingerprint density at radius 2 is 2.00 bits per heavy atom. The summed E-state index contributed by atoms with van der Waals surface area (Å²) in [6, 6.07) is 11.1. The van der Waals surface area contributed by atoms with Gasteiger partial charge in [-0.05, 0) is 37.3 Å². The summed E-state index contributed by atoms with van der Waals surface area (Å²) in [5.74, 6) is 0.482. The normalized spacial score (nSPS) is 24.8. The van der Waals surface area contributed by atoms with Crippen LogP contribution in [0.5, 0.6) is 0 Å². The van der Waals surface area contributed by atoms with Crippen molar-refractivity contribution in [3.05, 3.63) is 35.9 Å². The van der Waals surface area contributed by atoms with Crippen LogP contribution in [0.25, 0.3) is 0 Å². The maximum absolute atomic E-state index is 9.21. The average molecular weight is 219 g/mol. The van der Waals surface area contributed by atoms with Gasteiger partial charge in [0.15, 0.2) is 0 Å². The summed E-state index contributed by atoms with van der Waals surface area (Å²) in [5, 5.41) is 12.8. The van der Waals surface area contributed by atoms with Gasteiger partial charge in [0.1, 0.15) is 0 Å². The molecular formula is C14H21NO. The molecule has 1 fully saturated rings. The summed E-state index contributed by atoms with van der Waals surface area (Å²) in [4.78, 5) is 0. The number of hydrogen-bond acceptors (Lipinski definition) is 2. The van der Waals surface area contributed by atoms with E-state index in [0.717, 1.165) is 13.0 Å². The minimum atomic E-state index is 0.336. The van der Waals surface area contributed by atoms with E-state index in [1.807, 2.05) is 0 Å². The monoisotopic (exact) mass is 219 g/mol. The molecule has 2 unspecified atom stereocenters. The molecule has 16 heavy (non-hydrogen) atoms. The first-order chi connectivity index (χ1) is 7.90. The molecule has 0 aliphatic heterocycles. The van der Waals surface area contributed by atoms with E-state index in [1.165, 1.54) is 24.8 Å². The van der Waals surface area contributed by atoms with Gasteiger partial charge in [-0.15, -0.1) is 0 Å². The average Bonchev–Trinajstić information content (AvgIpc) is 2.78. The third-order valence-corrected chi connectivity index (χ3v) is 3.56. The molecule has 1 aliphatic carbocycles. The van der Waals surface area contributed by atoms with Gasteiger partial charge in [0.25, 0.3) is 0 Å². The second kappa shape index (κ2) is 6.02. The molecule has 0 radical (unpaired) electrons. The molecule has 2 heteroatoms. The standard InChI is InChI=1S/C14H21NO/c16-11-13-7-4-8-14(13)15-10-9-12-5-2-1-3-6-12/h1-3,5-6,13-16H,4,7-11H2. The SMILES string of the molecule is OCC1CCCC1NCCc1ccccc1. The lowest BCUT2D eigenvalue weighted by atomic mass is 10.0. The third kappa shape index (κ3) is 3.06. The molecule has 0 bridgehead atoms. The Balaban J connectivity index is 1.72. The van der Waals surface area contributed by atoms with Crippen molar-refractivity contribution in [2.24, 2.45) is 5.92 Å². The molecule has 0 saturated heterocycles. The predicted octanol–water partition coefficient (Wildman–Crippen LogP) is 1.98. The minimum absolute atomic E-state index is 0.336. The topological polar surface area (TPSA) is 32.3 Å². The van der Waals surface area contributed by atoms with Crippen molar-refractivity contribution in [1.29, 1.82) is 0 Å². The molecule has 0 aromatic heterocycles. The van der Waals surface area contributed by atoms with Crippen molar-refractivity contribution in [2.45, 2.75) is 31.7 Å². The Morgan fingerprint density at radius 3 is 2.75 bits per heavy atom. The Kier molecular flexibility index (Phi) is 4.37. The van der Waals surface area contributed by atoms with Gasteiger partial charge in [0, 0.05) is 12.6 Å². The highest BCUT2D eigenvalue weighted by Gasteiger charge is 2.25. The molecule has 0 amide bonds. The zero-order valence-electron chi connectivity index (χ0n) is 9.73. The lowest BCUT2D eigenvalue weighted by Crippen LogP contribution is -2.35. The summed E-state index contributed by atoms with van der Waals surface area (Å²) in [5.41, 5.74) is 1.38. The first-order valence-corrected chi connectivity index (χ1v) is 6.28. The Morgan fingerprint density at radius 1 is 1.19 bits per heavy atom. The van der Waals surface area contributed by atoms with Gasteiger partial charge < -0.3 is 10.4 Å². The fourth-order valence-corrected chi connectivity index (χ4v) is 2.57. The van der Waals surface area contributed by atoms with Crippen LogP contribution >= 0.6 is 0 Å². The molecule has 1 aromatic carbocycles. The lowest BCUT2D eigenvalue weighted by Gasteiger charge is -2.18. The van der Waals surface area contributed by atoms with Crippen LogP contribution in [0.1, 0.15) is 24.8 Å². The zero-order chi connectivity index (χ0) is 11.2. The third-order valence-electron chi connectivity index (χ3n) is 3.56. The largest absolute Gasteiger partial charge is 0.396 e. The van der Waals surface area contributed by atoms with E-state index in [-0.39, 0.29) is 0 Å². The van der Waals surface area contributed by atoms with Gasteiger partial charge in [-0.2, -0.15) is 0 Å². The highest BCUT2D eigenvalue weighted by molar-refractivity contribution is 5.14. The van der Waals surface area contributed by atoms with Gasteiger partial charge in [-0.3, -0.25) is 0 Å². The van der Waals surface area contributed by atoms with Gasteiger partial charge in [-0.25, -0.2) is 0 Å². The van der Waals surface area contributed by atoms with Crippen LogP contribution in [0.3, 0.4) is 0 Å². The minimum Gasteiger partial charge on any atom is -0.396 e. The molecule has 88 valence electrons. The van der Waals surface area contributed by atoms with Crippen LogP contribution in [-0.2, 0) is 6.42 Å². The number of aliphatic hydroxyl groups excluding tert-OH is 1. The van der Waals surface area contributed by atoms with Crippen LogP contribution in [-0.4, -0.2) is 24.3 Å². The summed E-state index contributed by atoms with van der Waals surface area (Å²) in [6.07, 6.45) is 4.74. The van der Waals surface area contributed by atoms with Crippen molar-refractivity contribution in [3.63, 3.8) is 0 Å². The number of nitrogens with one attached hydrogen (secondary N) is 1. The smallest absolute Gasteiger partial charge is 0.0474 e. The van der Waals surface area contributed by atoms with Crippen LogP contribution in [0, 0.1) is 5.92 Å². The van der Waals surface area contributed by atoms with Gasteiger partial charge in [0.05, 0.1) is 0 Å². The quantitative estimate of drug-likeness (QED) is 0.793. The number of benzene rings is 1. The maximum atomic E-state index is 9.21. The van der Waals surface area contributed by atoms with E-state index in [9.17, 15) is 5.11 Å². The predicted molar refractivity (Wildman–Crippen MR) is 66.4 cm³/mol. The number of hydrogen-bond donors (Lipinski definition) is 2. The second-order valence-electron chi connectivity index (χ2n) is 4.67. The molecule has 1 aromatic rings. The highest BCUT2D eigenvalue weighted by Crippen LogP contribution is 2.24. The van der Waals surface area contributed by atoms with E-state index in [4.69, 9.17) is 0 Å². The van der Waals surface area contributed by atoms with Crippen LogP contribution in [0.4, 0.5) is 0 Å². The molecular weight excluding hydrogens is 198 g/mol. The van der Waals surface area contributed by atoms with Crippen molar-refractivity contribution >= 4 is 0 Å². The van der Waals surface area contributed by atoms with E-state index >= 15 is 0 Å². The van der Waals surface area contributed by atoms with Gasteiger partial charge in [0.2, 0.25) is 0 Å². The molecule has 2 nitrogen and oxygen atoms in total. The fraction of sp³-hybridized carbons (Fsp3) is 0.571. The molecule has 2 atom stereocenters. The second-order valence-corrected chi connectivity index (χ2v) is 4.67. The molecule has 0 heterocycles. The lowest BCUT2D eigenvalue weighted by molar-refractivity contribution is 0.206. The first-order valence-electron chi connectivity index (χ1n) is 6.28. The molecule has 2 rings (SSSR count). The number of rotatable bonds is 5. The maximum Gasteiger partial charge on any atom is 0.0474 e. The van der Waals surface area contributed by atoms with Gasteiger partial charge >= 0.3 is 0 Å². The number of aliphatic hydroxyl groups is 1. The van der Waals surface area contributed by atoms with Crippen molar-refractivity contribution in [3.8, 4) is 0 Å². The Labute approximate surface area is 97.7 Å². The summed E-state index contributed by atoms with van der Waals surface area (Å²) in [7, 11) is 0. The van der Waals surface area contributed by atoms with E-state index in [1.54, 1.807) is 0 Å². The molecule has 1 saturated carbocycles. The van der Waals surface area contributed by atoms with E-state index in [0.29, 0.717) is 18.6 Å². The van der Waals surface area contributed by atoms with Crippen molar-refractivity contribution in [1.82, 2.24) is 5.32 Å². The summed E-state index contributed by atoms with van der Waals surface area (Å²) in [6.45, 7) is 1.36. The van der Waals surface area contributed by atoms with Crippen LogP contribution in [0.2, 0.25) is 0 Å². The van der Waals surface area contributed by atoms with Crippen molar-refractivity contribution < 1.29 is 5.11 Å². The van der Waals surface area contributed by atoms with Crippen LogP contribution in [0.15, 0.2) is 30.3 Å². The fourth-order valence-electron chi connectivity index (χ4n) is 2.57. The van der Waals surface area contributed by atoms with Crippen molar-refractivity contribution in [2.75, 3.05) is 13.2 Å².